The second-order valence-electron chi connectivity index (χ2n) is 6.37. The van der Waals surface area contributed by atoms with Crippen molar-refractivity contribution in [3.8, 4) is 0 Å². The van der Waals surface area contributed by atoms with Gasteiger partial charge in [-0.15, -0.1) is 0 Å². The van der Waals surface area contributed by atoms with Gasteiger partial charge in [0, 0.05) is 24.7 Å². The monoisotopic (exact) mass is 476 g/mol. The highest BCUT2D eigenvalue weighted by atomic mass is 35.5. The Kier molecular flexibility index (Phi) is 6.19. The number of aromatic nitrogens is 3. The Hall–Kier alpha value is -2.26. The summed E-state index contributed by atoms with van der Waals surface area (Å²) in [4.78, 5) is 14.5. The van der Waals surface area contributed by atoms with E-state index in [0.29, 0.717) is 38.0 Å². The zero-order chi connectivity index (χ0) is 21.3. The first-order valence-corrected chi connectivity index (χ1v) is 11.7. The standard InChI is InChI=1S/C20H18Cl2N6S2/c1-11-23-18(25-12-7-9-13(10-8-12)28(2)29-3)17-19(24-11)30-20(27-17)26-16-14(21)5-4-6-15(16)22/h4-10H,1-3H3,(H,26,27)(H,23,24,25). The SMILES string of the molecule is CSN(C)c1ccc(Nc2nc(C)nc3sc(Nc4c(Cl)cccc4Cl)nc23)cc1. The smallest absolute Gasteiger partial charge is 0.190 e. The lowest BCUT2D eigenvalue weighted by atomic mass is 10.3. The van der Waals surface area contributed by atoms with Crippen molar-refractivity contribution in [1.29, 1.82) is 0 Å². The fourth-order valence-electron chi connectivity index (χ4n) is 2.79. The Labute approximate surface area is 192 Å². The van der Waals surface area contributed by atoms with Crippen LogP contribution in [0.1, 0.15) is 5.82 Å². The minimum absolute atomic E-state index is 0.526. The number of aryl methyl sites for hydroxylation is 1. The third-order valence-electron chi connectivity index (χ3n) is 4.33. The molecule has 0 saturated carbocycles. The molecule has 4 rings (SSSR count). The van der Waals surface area contributed by atoms with Crippen LogP contribution in [0, 0.1) is 6.92 Å². The Balaban J connectivity index is 1.65. The van der Waals surface area contributed by atoms with Crippen LogP contribution in [0.2, 0.25) is 10.0 Å². The predicted octanol–water partition coefficient (Wildman–Crippen LogP) is 6.90. The minimum atomic E-state index is 0.526. The van der Waals surface area contributed by atoms with Gasteiger partial charge in [-0.1, -0.05) is 52.6 Å². The lowest BCUT2D eigenvalue weighted by molar-refractivity contribution is 1.09. The third kappa shape index (κ3) is 4.41. The van der Waals surface area contributed by atoms with E-state index >= 15 is 0 Å². The molecule has 2 aromatic carbocycles. The molecule has 0 saturated heterocycles. The molecule has 0 bridgehead atoms. The van der Waals surface area contributed by atoms with Gasteiger partial charge in [-0.05, 0) is 43.3 Å². The molecule has 0 aliphatic heterocycles. The van der Waals surface area contributed by atoms with E-state index in [0.717, 1.165) is 16.2 Å². The highest BCUT2D eigenvalue weighted by molar-refractivity contribution is 7.99. The van der Waals surface area contributed by atoms with Crippen LogP contribution in [0.25, 0.3) is 10.3 Å². The van der Waals surface area contributed by atoms with E-state index < -0.39 is 0 Å². The maximum Gasteiger partial charge on any atom is 0.190 e. The summed E-state index contributed by atoms with van der Waals surface area (Å²) in [6.07, 6.45) is 2.04. The van der Waals surface area contributed by atoms with Gasteiger partial charge in [-0.25, -0.2) is 15.0 Å². The van der Waals surface area contributed by atoms with Crippen LogP contribution < -0.4 is 14.9 Å². The number of rotatable bonds is 6. The first kappa shape index (κ1) is 21.0. The number of hydrogen-bond donors (Lipinski definition) is 2. The quantitative estimate of drug-likeness (QED) is 0.293. The average Bonchev–Trinajstić information content (AvgIpc) is 3.13. The molecule has 30 heavy (non-hydrogen) atoms. The van der Waals surface area contributed by atoms with Crippen LogP contribution in [0.5, 0.6) is 0 Å². The first-order valence-electron chi connectivity index (χ1n) is 8.95. The average molecular weight is 477 g/mol. The largest absolute Gasteiger partial charge is 0.338 e. The Morgan fingerprint density at radius 1 is 0.967 bits per heavy atom. The molecule has 0 radical (unpaired) electrons. The Morgan fingerprint density at radius 3 is 2.33 bits per heavy atom. The van der Waals surface area contributed by atoms with Crippen molar-refractivity contribution in [2.75, 3.05) is 28.2 Å². The topological polar surface area (TPSA) is 66.0 Å². The summed E-state index contributed by atoms with van der Waals surface area (Å²) < 4.78 is 2.09. The molecular weight excluding hydrogens is 459 g/mol. The van der Waals surface area contributed by atoms with Crippen molar-refractivity contribution < 1.29 is 0 Å². The fraction of sp³-hybridized carbons (Fsp3) is 0.150. The molecule has 10 heteroatoms. The molecule has 2 aromatic heterocycles. The van der Waals surface area contributed by atoms with E-state index in [1.54, 1.807) is 30.1 Å². The summed E-state index contributed by atoms with van der Waals surface area (Å²) in [6, 6.07) is 13.5. The van der Waals surface area contributed by atoms with Crippen molar-refractivity contribution in [3.05, 3.63) is 58.3 Å². The zero-order valence-corrected chi connectivity index (χ0v) is 19.5. The second kappa shape index (κ2) is 8.85. The first-order chi connectivity index (χ1) is 14.4. The van der Waals surface area contributed by atoms with Gasteiger partial charge < -0.3 is 14.9 Å². The van der Waals surface area contributed by atoms with Crippen molar-refractivity contribution in [1.82, 2.24) is 15.0 Å². The molecule has 0 unspecified atom stereocenters. The highest BCUT2D eigenvalue weighted by Gasteiger charge is 2.15. The number of hydrogen-bond acceptors (Lipinski definition) is 8. The van der Waals surface area contributed by atoms with Gasteiger partial charge in [-0.3, -0.25) is 0 Å². The van der Waals surface area contributed by atoms with E-state index in [9.17, 15) is 0 Å². The van der Waals surface area contributed by atoms with Crippen LogP contribution in [0.3, 0.4) is 0 Å². The second-order valence-corrected chi connectivity index (χ2v) is 9.07. The Bertz CT molecular complexity index is 1180. The minimum Gasteiger partial charge on any atom is -0.338 e. The summed E-state index contributed by atoms with van der Waals surface area (Å²) in [6.45, 7) is 1.86. The molecule has 0 atom stereocenters. The molecule has 0 amide bonds. The van der Waals surface area contributed by atoms with Gasteiger partial charge in [-0.2, -0.15) is 0 Å². The molecule has 4 aromatic rings. The highest BCUT2D eigenvalue weighted by Crippen LogP contribution is 2.36. The number of nitrogens with one attached hydrogen (secondary N) is 2. The van der Waals surface area contributed by atoms with E-state index in [-0.39, 0.29) is 0 Å². The molecule has 0 aliphatic rings. The number of nitrogens with zero attached hydrogens (tertiary/aromatic N) is 4. The van der Waals surface area contributed by atoms with E-state index in [1.165, 1.54) is 11.3 Å². The van der Waals surface area contributed by atoms with Crippen molar-refractivity contribution in [2.24, 2.45) is 0 Å². The summed E-state index contributed by atoms with van der Waals surface area (Å²) in [5.41, 5.74) is 3.34. The van der Waals surface area contributed by atoms with Gasteiger partial charge in [0.1, 0.15) is 11.3 Å². The van der Waals surface area contributed by atoms with Crippen molar-refractivity contribution >= 4 is 84.8 Å². The molecule has 6 nitrogen and oxygen atoms in total. The van der Waals surface area contributed by atoms with Crippen molar-refractivity contribution in [3.63, 3.8) is 0 Å². The molecule has 2 heterocycles. The number of halogens is 2. The molecule has 154 valence electrons. The molecule has 0 aliphatic carbocycles. The fourth-order valence-corrected chi connectivity index (χ4v) is 4.50. The van der Waals surface area contributed by atoms with Gasteiger partial charge >= 0.3 is 0 Å². The molecule has 0 fully saturated rings. The number of thiazole rings is 1. The molecular formula is C20H18Cl2N6S2. The van der Waals surface area contributed by atoms with Crippen LogP contribution in [0.15, 0.2) is 42.5 Å². The van der Waals surface area contributed by atoms with Crippen LogP contribution in [0.4, 0.5) is 28.0 Å². The zero-order valence-electron chi connectivity index (χ0n) is 16.4. The van der Waals surface area contributed by atoms with Gasteiger partial charge in [0.2, 0.25) is 0 Å². The maximum atomic E-state index is 6.27. The normalized spacial score (nSPS) is 11.0. The van der Waals surface area contributed by atoms with Crippen LogP contribution in [-0.2, 0) is 0 Å². The van der Waals surface area contributed by atoms with Crippen molar-refractivity contribution in [2.45, 2.75) is 6.92 Å². The predicted molar refractivity (Wildman–Crippen MR) is 131 cm³/mol. The van der Waals surface area contributed by atoms with Crippen LogP contribution >= 0.6 is 46.5 Å². The number of benzene rings is 2. The van der Waals surface area contributed by atoms with Gasteiger partial charge in [0.25, 0.3) is 0 Å². The summed E-state index contributed by atoms with van der Waals surface area (Å²) in [5.74, 6) is 1.31. The van der Waals surface area contributed by atoms with Gasteiger partial charge in [0.15, 0.2) is 15.8 Å². The number of anilines is 5. The summed E-state index contributed by atoms with van der Waals surface area (Å²) in [7, 11) is 2.03. The number of fused-ring (bicyclic) bond motifs is 1. The summed E-state index contributed by atoms with van der Waals surface area (Å²) >= 11 is 15.6. The maximum absolute atomic E-state index is 6.27. The molecule has 2 N–H and O–H groups in total. The van der Waals surface area contributed by atoms with Crippen LogP contribution in [-0.4, -0.2) is 28.3 Å². The third-order valence-corrected chi connectivity index (χ3v) is 6.59. The lowest BCUT2D eigenvalue weighted by Gasteiger charge is -2.15. The molecule has 0 spiro atoms. The van der Waals surface area contributed by atoms with Gasteiger partial charge in [0.05, 0.1) is 15.7 Å². The number of para-hydroxylation sites is 1. The Morgan fingerprint density at radius 2 is 1.67 bits per heavy atom. The summed E-state index contributed by atoms with van der Waals surface area (Å²) in [5, 5.41) is 8.26. The van der Waals surface area contributed by atoms with E-state index in [2.05, 4.69) is 42.0 Å². The lowest BCUT2D eigenvalue weighted by Crippen LogP contribution is -2.04. The van der Waals surface area contributed by atoms with E-state index in [4.69, 9.17) is 23.2 Å². The van der Waals surface area contributed by atoms with E-state index in [1.807, 2.05) is 32.4 Å².